The summed E-state index contributed by atoms with van der Waals surface area (Å²) in [4.78, 5) is 0. The van der Waals surface area contributed by atoms with E-state index < -0.39 is 13.9 Å². The molecule has 0 saturated heterocycles. The number of rotatable bonds is 3. The van der Waals surface area contributed by atoms with Gasteiger partial charge in [-0.05, 0) is 45.0 Å². The molecule has 1 aliphatic carbocycles. The molecular weight excluding hydrogens is 254 g/mol. The van der Waals surface area contributed by atoms with Gasteiger partial charge in [-0.3, -0.25) is 0 Å². The Bertz CT molecular complexity index is 516. The number of hydrogen-bond acceptors (Lipinski definition) is 3. The zero-order chi connectivity index (χ0) is 14.1. The maximum Gasteiger partial charge on any atom is 0.186 e. The summed E-state index contributed by atoms with van der Waals surface area (Å²) >= 11 is 0. The van der Waals surface area contributed by atoms with Crippen molar-refractivity contribution in [3.05, 3.63) is 29.3 Å². The van der Waals surface area contributed by atoms with Crippen LogP contribution in [-0.2, 0) is 16.4 Å². The van der Waals surface area contributed by atoms with E-state index in [2.05, 4.69) is 25.7 Å². The molecule has 3 nitrogen and oxygen atoms in total. The van der Waals surface area contributed by atoms with Crippen molar-refractivity contribution in [3.63, 3.8) is 0 Å². The predicted octanol–water partition coefficient (Wildman–Crippen LogP) is 3.60. The number of fused-ring (bicyclic) bond motifs is 1. The van der Waals surface area contributed by atoms with Gasteiger partial charge >= 0.3 is 0 Å². The molecule has 19 heavy (non-hydrogen) atoms. The van der Waals surface area contributed by atoms with E-state index in [1.807, 2.05) is 18.2 Å². The molecule has 1 aromatic rings. The highest BCUT2D eigenvalue weighted by Gasteiger charge is 2.42. The lowest BCUT2D eigenvalue weighted by molar-refractivity contribution is 0.0977. The molecule has 1 aromatic carbocycles. The lowest BCUT2D eigenvalue weighted by Crippen LogP contribution is -2.42. The van der Waals surface area contributed by atoms with Crippen molar-refractivity contribution in [3.8, 4) is 11.8 Å². The van der Waals surface area contributed by atoms with Gasteiger partial charge in [0.05, 0.1) is 7.11 Å². The Kier molecular flexibility index (Phi) is 3.70. The first-order chi connectivity index (χ1) is 8.92. The van der Waals surface area contributed by atoms with Crippen molar-refractivity contribution in [2.45, 2.75) is 44.5 Å². The van der Waals surface area contributed by atoms with Gasteiger partial charge in [-0.15, -0.1) is 0 Å². The molecule has 0 N–H and O–H groups in total. The van der Waals surface area contributed by atoms with Gasteiger partial charge in [0.1, 0.15) is 11.8 Å². The van der Waals surface area contributed by atoms with E-state index in [0.29, 0.717) is 0 Å². The molecule has 1 unspecified atom stereocenters. The van der Waals surface area contributed by atoms with Crippen LogP contribution < -0.4 is 4.74 Å². The molecule has 4 heteroatoms. The minimum absolute atomic E-state index is 0.772. The average Bonchev–Trinajstić information content (AvgIpc) is 2.36. The number of methoxy groups -OCH3 is 1. The third-order valence-electron chi connectivity index (χ3n) is 3.40. The fraction of sp³-hybridized carbons (Fsp3) is 0.533. The largest absolute Gasteiger partial charge is 0.496 e. The number of nitriles is 1. The van der Waals surface area contributed by atoms with Crippen molar-refractivity contribution in [2.75, 3.05) is 7.11 Å². The molecule has 0 amide bonds. The first kappa shape index (κ1) is 14.1. The van der Waals surface area contributed by atoms with Crippen LogP contribution >= 0.6 is 0 Å². The quantitative estimate of drug-likeness (QED) is 0.791. The SMILES string of the molecule is COc1cccc2c1CCCC2(C#N)O[Si](C)(C)C. The van der Waals surface area contributed by atoms with Crippen molar-refractivity contribution in [2.24, 2.45) is 0 Å². The van der Waals surface area contributed by atoms with E-state index >= 15 is 0 Å². The van der Waals surface area contributed by atoms with Crippen molar-refractivity contribution >= 4 is 8.32 Å². The molecule has 0 fully saturated rings. The molecule has 2 rings (SSSR count). The standard InChI is InChI=1S/C15H21NO2Si/c1-17-14-9-5-8-13-12(14)7-6-10-15(13,11-16)18-19(2,3)4/h5,8-9H,6-7,10H2,1-4H3. The van der Waals surface area contributed by atoms with Crippen molar-refractivity contribution < 1.29 is 9.16 Å². The highest BCUT2D eigenvalue weighted by molar-refractivity contribution is 6.69. The van der Waals surface area contributed by atoms with Gasteiger partial charge in [0.2, 0.25) is 0 Å². The smallest absolute Gasteiger partial charge is 0.186 e. The van der Waals surface area contributed by atoms with Gasteiger partial charge in [-0.1, -0.05) is 12.1 Å². The van der Waals surface area contributed by atoms with E-state index in [9.17, 15) is 5.26 Å². The van der Waals surface area contributed by atoms with E-state index in [0.717, 1.165) is 36.1 Å². The fourth-order valence-electron chi connectivity index (χ4n) is 2.81. The summed E-state index contributed by atoms with van der Waals surface area (Å²) in [7, 11) is -0.119. The molecule has 0 spiro atoms. The Morgan fingerprint density at radius 3 is 2.63 bits per heavy atom. The van der Waals surface area contributed by atoms with Crippen LogP contribution in [0.4, 0.5) is 0 Å². The Morgan fingerprint density at radius 1 is 1.32 bits per heavy atom. The number of ether oxygens (including phenoxy) is 1. The second-order valence-electron chi connectivity index (χ2n) is 5.99. The van der Waals surface area contributed by atoms with Crippen molar-refractivity contribution in [1.82, 2.24) is 0 Å². The highest BCUT2D eigenvalue weighted by Crippen LogP contribution is 2.42. The molecule has 0 heterocycles. The topological polar surface area (TPSA) is 42.2 Å². The third-order valence-corrected chi connectivity index (χ3v) is 4.37. The Hall–Kier alpha value is -1.31. The zero-order valence-corrected chi connectivity index (χ0v) is 13.1. The molecule has 0 aliphatic heterocycles. The number of benzene rings is 1. The minimum Gasteiger partial charge on any atom is -0.496 e. The highest BCUT2D eigenvalue weighted by atomic mass is 28.4. The lowest BCUT2D eigenvalue weighted by Gasteiger charge is -2.38. The maximum atomic E-state index is 9.72. The molecule has 0 aromatic heterocycles. The van der Waals surface area contributed by atoms with Crippen LogP contribution in [0.5, 0.6) is 5.75 Å². The summed E-state index contributed by atoms with van der Waals surface area (Å²) in [5, 5.41) is 9.72. The predicted molar refractivity (Wildman–Crippen MR) is 77.7 cm³/mol. The normalized spacial score (nSPS) is 22.5. The van der Waals surface area contributed by atoms with Gasteiger partial charge in [-0.2, -0.15) is 5.26 Å². The molecule has 0 radical (unpaired) electrons. The van der Waals surface area contributed by atoms with E-state index in [1.54, 1.807) is 7.11 Å². The van der Waals surface area contributed by atoms with Gasteiger partial charge < -0.3 is 9.16 Å². The van der Waals surface area contributed by atoms with E-state index in [4.69, 9.17) is 9.16 Å². The number of nitrogens with zero attached hydrogens (tertiary/aromatic N) is 1. The zero-order valence-electron chi connectivity index (χ0n) is 12.1. The summed E-state index contributed by atoms with van der Waals surface area (Å²) in [6.07, 6.45) is 2.69. The van der Waals surface area contributed by atoms with Gasteiger partial charge in [0, 0.05) is 11.1 Å². The monoisotopic (exact) mass is 275 g/mol. The summed E-state index contributed by atoms with van der Waals surface area (Å²) in [5.74, 6) is 0.871. The average molecular weight is 275 g/mol. The minimum atomic E-state index is -1.80. The van der Waals surface area contributed by atoms with Crippen LogP contribution in [0, 0.1) is 11.3 Å². The summed E-state index contributed by atoms with van der Waals surface area (Å²) in [5.41, 5.74) is 1.35. The second-order valence-corrected chi connectivity index (χ2v) is 10.4. The van der Waals surface area contributed by atoms with Crippen LogP contribution in [0.1, 0.15) is 24.0 Å². The maximum absolute atomic E-state index is 9.72. The van der Waals surface area contributed by atoms with E-state index in [1.165, 1.54) is 0 Å². The third kappa shape index (κ3) is 2.67. The Balaban J connectivity index is 2.54. The molecule has 102 valence electrons. The van der Waals surface area contributed by atoms with Crippen LogP contribution in [0.3, 0.4) is 0 Å². The van der Waals surface area contributed by atoms with Crippen LogP contribution in [-0.4, -0.2) is 15.4 Å². The fourth-order valence-corrected chi connectivity index (χ4v) is 4.11. The van der Waals surface area contributed by atoms with Crippen LogP contribution in [0.2, 0.25) is 19.6 Å². The molecule has 1 atom stereocenters. The molecule has 1 aliphatic rings. The van der Waals surface area contributed by atoms with Crippen molar-refractivity contribution in [1.29, 1.82) is 5.26 Å². The summed E-state index contributed by atoms with van der Waals surface area (Å²) in [6, 6.07) is 8.36. The van der Waals surface area contributed by atoms with Gasteiger partial charge in [0.25, 0.3) is 0 Å². The van der Waals surface area contributed by atoms with Crippen LogP contribution in [0.15, 0.2) is 18.2 Å². The first-order valence-corrected chi connectivity index (χ1v) is 10.1. The lowest BCUT2D eigenvalue weighted by atomic mass is 9.79. The molecule has 0 bridgehead atoms. The van der Waals surface area contributed by atoms with E-state index in [-0.39, 0.29) is 0 Å². The molecule has 0 saturated carbocycles. The van der Waals surface area contributed by atoms with Gasteiger partial charge in [-0.25, -0.2) is 0 Å². The Labute approximate surface area is 116 Å². The molecular formula is C15H21NO2Si. The second kappa shape index (κ2) is 4.99. The Morgan fingerprint density at radius 2 is 2.05 bits per heavy atom. The summed E-state index contributed by atoms with van der Waals surface area (Å²) in [6.45, 7) is 6.38. The number of hydrogen-bond donors (Lipinski definition) is 0. The van der Waals surface area contributed by atoms with Gasteiger partial charge in [0.15, 0.2) is 13.9 Å². The van der Waals surface area contributed by atoms with Crippen LogP contribution in [0.25, 0.3) is 0 Å². The first-order valence-electron chi connectivity index (χ1n) is 6.70. The summed E-state index contributed by atoms with van der Waals surface area (Å²) < 4.78 is 11.7.